The number of hydrogen-bond acceptors (Lipinski definition) is 2. The third kappa shape index (κ3) is 2.72. The number of aliphatic hydroxyl groups is 1. The number of nitrogens with zero attached hydrogens (tertiary/aromatic N) is 1. The average molecular weight is 283 g/mol. The zero-order valence-electron chi connectivity index (χ0n) is 12.2. The monoisotopic (exact) mass is 283 g/mol. The number of halogens is 2. The van der Waals surface area contributed by atoms with Gasteiger partial charge in [0, 0.05) is 0 Å². The van der Waals surface area contributed by atoms with Crippen LogP contribution in [0.5, 0.6) is 0 Å². The summed E-state index contributed by atoms with van der Waals surface area (Å²) < 4.78 is 27.9. The van der Waals surface area contributed by atoms with E-state index in [-0.39, 0.29) is 5.56 Å². The number of aliphatic hydroxyl groups excluding tert-OH is 1. The minimum absolute atomic E-state index is 0.192. The van der Waals surface area contributed by atoms with Crippen LogP contribution < -0.4 is 0 Å². The molecular formula is C16H23F2NO. The molecule has 20 heavy (non-hydrogen) atoms. The van der Waals surface area contributed by atoms with E-state index < -0.39 is 23.3 Å². The fourth-order valence-electron chi connectivity index (χ4n) is 3.35. The lowest BCUT2D eigenvalue weighted by molar-refractivity contribution is -0.0236. The van der Waals surface area contributed by atoms with Gasteiger partial charge in [-0.2, -0.15) is 0 Å². The lowest BCUT2D eigenvalue weighted by Gasteiger charge is -2.43. The van der Waals surface area contributed by atoms with Gasteiger partial charge in [0.2, 0.25) is 0 Å². The normalized spacial score (nSPS) is 20.7. The van der Waals surface area contributed by atoms with E-state index in [2.05, 4.69) is 0 Å². The Labute approximate surface area is 119 Å². The van der Waals surface area contributed by atoms with Crippen molar-refractivity contribution in [1.29, 1.82) is 0 Å². The Kier molecular flexibility index (Phi) is 4.76. The number of likely N-dealkylation sites (N-methyl/N-ethyl adjacent to an activating group) is 1. The number of rotatable bonds is 3. The van der Waals surface area contributed by atoms with Gasteiger partial charge in [-0.3, -0.25) is 0 Å². The summed E-state index contributed by atoms with van der Waals surface area (Å²) in [6.45, 7) is 0. The summed E-state index contributed by atoms with van der Waals surface area (Å²) in [7, 11) is 3.76. The molecule has 2 rings (SSSR count). The highest BCUT2D eigenvalue weighted by molar-refractivity contribution is 5.25. The molecule has 0 saturated heterocycles. The molecule has 0 heterocycles. The molecule has 1 aliphatic rings. The molecule has 0 amide bonds. The molecule has 1 N–H and O–H groups in total. The Bertz CT molecular complexity index is 434. The first-order valence-corrected chi connectivity index (χ1v) is 7.28. The van der Waals surface area contributed by atoms with Crippen LogP contribution in [-0.4, -0.2) is 29.6 Å². The van der Waals surface area contributed by atoms with Gasteiger partial charge in [0.05, 0.1) is 11.1 Å². The van der Waals surface area contributed by atoms with Crippen LogP contribution >= 0.6 is 0 Å². The summed E-state index contributed by atoms with van der Waals surface area (Å²) in [6.07, 6.45) is 4.56. The summed E-state index contributed by atoms with van der Waals surface area (Å²) in [5.74, 6) is -1.33. The lowest BCUT2D eigenvalue weighted by Crippen LogP contribution is -2.49. The van der Waals surface area contributed by atoms with Crippen LogP contribution in [0.1, 0.15) is 50.2 Å². The van der Waals surface area contributed by atoms with E-state index in [0.29, 0.717) is 0 Å². The zero-order valence-corrected chi connectivity index (χ0v) is 12.2. The number of benzene rings is 1. The summed E-state index contributed by atoms with van der Waals surface area (Å²) >= 11 is 0. The highest BCUT2D eigenvalue weighted by Gasteiger charge is 2.42. The molecule has 1 aromatic carbocycles. The Morgan fingerprint density at radius 1 is 1.05 bits per heavy atom. The minimum Gasteiger partial charge on any atom is -0.386 e. The molecule has 0 spiro atoms. The van der Waals surface area contributed by atoms with Gasteiger partial charge in [-0.05, 0) is 39.1 Å². The van der Waals surface area contributed by atoms with Crippen LogP contribution in [0.3, 0.4) is 0 Å². The topological polar surface area (TPSA) is 23.5 Å². The van der Waals surface area contributed by atoms with E-state index in [0.717, 1.165) is 38.5 Å². The Morgan fingerprint density at radius 3 is 2.00 bits per heavy atom. The highest BCUT2D eigenvalue weighted by atomic mass is 19.1. The molecule has 0 radical (unpaired) electrons. The molecule has 1 unspecified atom stereocenters. The molecule has 2 nitrogen and oxygen atoms in total. The quantitative estimate of drug-likeness (QED) is 0.856. The Hall–Kier alpha value is -1.00. The third-order valence-corrected chi connectivity index (χ3v) is 4.64. The van der Waals surface area contributed by atoms with Crippen LogP contribution in [0.25, 0.3) is 0 Å². The molecule has 0 aliphatic heterocycles. The first-order chi connectivity index (χ1) is 9.49. The first kappa shape index (κ1) is 15.4. The highest BCUT2D eigenvalue weighted by Crippen LogP contribution is 2.42. The van der Waals surface area contributed by atoms with Crippen molar-refractivity contribution in [1.82, 2.24) is 4.90 Å². The van der Waals surface area contributed by atoms with Crippen LogP contribution in [0.2, 0.25) is 0 Å². The van der Waals surface area contributed by atoms with Gasteiger partial charge in [0.25, 0.3) is 0 Å². The molecule has 4 heteroatoms. The smallest absolute Gasteiger partial charge is 0.132 e. The third-order valence-electron chi connectivity index (χ3n) is 4.64. The van der Waals surface area contributed by atoms with Crippen molar-refractivity contribution in [3.05, 3.63) is 35.4 Å². The molecular weight excluding hydrogens is 260 g/mol. The van der Waals surface area contributed by atoms with E-state index in [1.807, 2.05) is 19.0 Å². The number of hydrogen-bond donors (Lipinski definition) is 1. The van der Waals surface area contributed by atoms with Gasteiger partial charge in [-0.1, -0.05) is 31.7 Å². The predicted octanol–water partition coefficient (Wildman–Crippen LogP) is 3.65. The summed E-state index contributed by atoms with van der Waals surface area (Å²) in [5, 5.41) is 10.7. The van der Waals surface area contributed by atoms with Gasteiger partial charge in [0.1, 0.15) is 17.7 Å². The predicted molar refractivity (Wildman–Crippen MR) is 75.4 cm³/mol. The van der Waals surface area contributed by atoms with E-state index >= 15 is 0 Å². The SMILES string of the molecule is CN(C)C1(C(O)c2c(F)cccc2F)CCCCCC1. The van der Waals surface area contributed by atoms with Crippen molar-refractivity contribution >= 4 is 0 Å². The molecule has 0 aromatic heterocycles. The fraction of sp³-hybridized carbons (Fsp3) is 0.625. The van der Waals surface area contributed by atoms with Crippen molar-refractivity contribution in [2.24, 2.45) is 0 Å². The molecule has 1 aromatic rings. The van der Waals surface area contributed by atoms with Gasteiger partial charge < -0.3 is 10.0 Å². The second-order valence-electron chi connectivity index (χ2n) is 5.95. The second kappa shape index (κ2) is 6.19. The van der Waals surface area contributed by atoms with Crippen LogP contribution in [0.15, 0.2) is 18.2 Å². The van der Waals surface area contributed by atoms with E-state index in [1.165, 1.54) is 18.2 Å². The van der Waals surface area contributed by atoms with Gasteiger partial charge in [-0.25, -0.2) is 8.78 Å². The average Bonchev–Trinajstić information content (AvgIpc) is 2.64. The molecule has 1 fully saturated rings. The fourth-order valence-corrected chi connectivity index (χ4v) is 3.35. The standard InChI is InChI=1S/C16H23F2NO/c1-19(2)16(10-5-3-4-6-11-16)15(20)14-12(17)8-7-9-13(14)18/h7-9,15,20H,3-6,10-11H2,1-2H3. The van der Waals surface area contributed by atoms with Gasteiger partial charge in [-0.15, -0.1) is 0 Å². The van der Waals surface area contributed by atoms with Crippen molar-refractivity contribution in [2.45, 2.75) is 50.2 Å². The molecule has 1 atom stereocenters. The minimum atomic E-state index is -1.14. The maximum Gasteiger partial charge on any atom is 0.132 e. The van der Waals surface area contributed by atoms with E-state index in [4.69, 9.17) is 0 Å². The second-order valence-corrected chi connectivity index (χ2v) is 5.95. The first-order valence-electron chi connectivity index (χ1n) is 7.28. The molecule has 112 valence electrons. The Morgan fingerprint density at radius 2 is 1.55 bits per heavy atom. The van der Waals surface area contributed by atoms with Gasteiger partial charge >= 0.3 is 0 Å². The van der Waals surface area contributed by atoms with Crippen LogP contribution in [-0.2, 0) is 0 Å². The van der Waals surface area contributed by atoms with E-state index in [9.17, 15) is 13.9 Å². The maximum absolute atomic E-state index is 14.0. The Balaban J connectivity index is 2.43. The molecule has 1 aliphatic carbocycles. The molecule has 1 saturated carbocycles. The van der Waals surface area contributed by atoms with Crippen molar-refractivity contribution in [3.63, 3.8) is 0 Å². The van der Waals surface area contributed by atoms with Crippen molar-refractivity contribution < 1.29 is 13.9 Å². The van der Waals surface area contributed by atoms with Crippen LogP contribution in [0, 0.1) is 11.6 Å². The summed E-state index contributed by atoms with van der Waals surface area (Å²) in [6, 6.07) is 3.75. The maximum atomic E-state index is 14.0. The summed E-state index contributed by atoms with van der Waals surface area (Å²) in [5.41, 5.74) is -0.775. The summed E-state index contributed by atoms with van der Waals surface area (Å²) in [4.78, 5) is 1.94. The molecule has 0 bridgehead atoms. The van der Waals surface area contributed by atoms with Crippen LogP contribution in [0.4, 0.5) is 8.78 Å². The van der Waals surface area contributed by atoms with Crippen molar-refractivity contribution in [2.75, 3.05) is 14.1 Å². The van der Waals surface area contributed by atoms with E-state index in [1.54, 1.807) is 0 Å². The largest absolute Gasteiger partial charge is 0.386 e. The van der Waals surface area contributed by atoms with Gasteiger partial charge in [0.15, 0.2) is 0 Å². The lowest BCUT2D eigenvalue weighted by atomic mass is 9.79. The van der Waals surface area contributed by atoms with Crippen molar-refractivity contribution in [3.8, 4) is 0 Å². The zero-order chi connectivity index (χ0) is 14.8.